The summed E-state index contributed by atoms with van der Waals surface area (Å²) in [5.41, 5.74) is 1.71. The highest BCUT2D eigenvalue weighted by atomic mass is 16.7. The Labute approximate surface area is 130 Å². The fourth-order valence-corrected chi connectivity index (χ4v) is 3.97. The number of carbonyl (C=O) groups excluding carboxylic acids is 1. The number of nitrogens with zero attached hydrogens (tertiary/aromatic N) is 1. The number of hydrogen-bond acceptors (Lipinski definition) is 3. The van der Waals surface area contributed by atoms with Crippen molar-refractivity contribution in [3.8, 4) is 0 Å². The molecule has 2 fully saturated rings. The van der Waals surface area contributed by atoms with Gasteiger partial charge in [-0.1, -0.05) is 48.5 Å². The zero-order valence-corrected chi connectivity index (χ0v) is 12.4. The van der Waals surface area contributed by atoms with Crippen LogP contribution in [0.15, 0.2) is 60.7 Å². The van der Waals surface area contributed by atoms with Gasteiger partial charge in [-0.15, -0.1) is 0 Å². The second kappa shape index (κ2) is 5.25. The molecule has 1 heterocycles. The molecule has 0 bridgehead atoms. The second-order valence-corrected chi connectivity index (χ2v) is 6.19. The van der Waals surface area contributed by atoms with Crippen molar-refractivity contribution in [2.75, 3.05) is 5.06 Å². The lowest BCUT2D eigenvalue weighted by atomic mass is 9.76. The Morgan fingerprint density at radius 2 is 1.73 bits per heavy atom. The third kappa shape index (κ3) is 1.89. The molecule has 1 aliphatic carbocycles. The number of aldehydes is 1. The van der Waals surface area contributed by atoms with Crippen LogP contribution >= 0.6 is 0 Å². The number of benzene rings is 2. The second-order valence-electron chi connectivity index (χ2n) is 6.19. The van der Waals surface area contributed by atoms with E-state index in [2.05, 4.69) is 12.1 Å². The normalized spacial score (nSPS) is 30.3. The van der Waals surface area contributed by atoms with Crippen molar-refractivity contribution in [1.29, 1.82) is 0 Å². The predicted octanol–water partition coefficient (Wildman–Crippen LogP) is 3.92. The summed E-state index contributed by atoms with van der Waals surface area (Å²) in [5.74, 6) is 0. The Bertz CT molecular complexity index is 658. The minimum atomic E-state index is -0.433. The van der Waals surface area contributed by atoms with E-state index in [4.69, 9.17) is 4.84 Å². The molecule has 0 N–H and O–H groups in total. The third-order valence-electron chi connectivity index (χ3n) is 5.01. The highest BCUT2D eigenvalue weighted by Crippen LogP contribution is 2.56. The molecule has 1 saturated carbocycles. The van der Waals surface area contributed by atoms with Crippen molar-refractivity contribution in [3.05, 3.63) is 66.2 Å². The molecular weight excluding hydrogens is 274 g/mol. The third-order valence-corrected chi connectivity index (χ3v) is 5.01. The Kier molecular flexibility index (Phi) is 3.23. The first-order chi connectivity index (χ1) is 10.8. The van der Waals surface area contributed by atoms with Crippen molar-refractivity contribution < 1.29 is 9.63 Å². The van der Waals surface area contributed by atoms with Crippen molar-refractivity contribution in [2.45, 2.75) is 31.4 Å². The van der Waals surface area contributed by atoms with Crippen LogP contribution in [0.1, 0.15) is 30.9 Å². The molecule has 0 spiro atoms. The van der Waals surface area contributed by atoms with Crippen LogP contribution in [0.4, 0.5) is 5.69 Å². The lowest BCUT2D eigenvalue weighted by molar-refractivity contribution is -0.118. The molecule has 0 amide bonds. The topological polar surface area (TPSA) is 29.5 Å². The van der Waals surface area contributed by atoms with Crippen LogP contribution in [0.5, 0.6) is 0 Å². The fourth-order valence-electron chi connectivity index (χ4n) is 3.97. The number of anilines is 1. The maximum Gasteiger partial charge on any atom is 0.131 e. The van der Waals surface area contributed by atoms with E-state index in [1.165, 1.54) is 0 Å². The maximum absolute atomic E-state index is 12.1. The van der Waals surface area contributed by atoms with Gasteiger partial charge in [0, 0.05) is 0 Å². The lowest BCUT2D eigenvalue weighted by Gasteiger charge is -2.32. The summed E-state index contributed by atoms with van der Waals surface area (Å²) in [4.78, 5) is 18.3. The maximum atomic E-state index is 12.1. The molecule has 1 saturated heterocycles. The van der Waals surface area contributed by atoms with Gasteiger partial charge in [-0.05, 0) is 37.0 Å². The van der Waals surface area contributed by atoms with Gasteiger partial charge in [-0.25, -0.2) is 5.06 Å². The molecule has 2 aliphatic rings. The standard InChI is InChI=1S/C19H19NO2/c21-14-19-13-7-12-17(19)22-20(16-10-5-2-6-11-16)18(19)15-8-3-1-4-9-15/h1-6,8-11,14,17-18H,7,12-13H2/t17?,18-,19+/m0/s1. The highest BCUT2D eigenvalue weighted by Gasteiger charge is 2.59. The van der Waals surface area contributed by atoms with Crippen LogP contribution in [0.2, 0.25) is 0 Å². The first-order valence-corrected chi connectivity index (χ1v) is 7.87. The van der Waals surface area contributed by atoms with E-state index in [1.807, 2.05) is 53.6 Å². The predicted molar refractivity (Wildman–Crippen MR) is 85.3 cm³/mol. The van der Waals surface area contributed by atoms with Gasteiger partial charge in [-0.2, -0.15) is 0 Å². The average molecular weight is 293 g/mol. The molecule has 3 nitrogen and oxygen atoms in total. The molecule has 0 aromatic heterocycles. The number of fused-ring (bicyclic) bond motifs is 1. The van der Waals surface area contributed by atoms with E-state index in [0.29, 0.717) is 0 Å². The van der Waals surface area contributed by atoms with Crippen molar-refractivity contribution in [1.82, 2.24) is 0 Å². The quantitative estimate of drug-likeness (QED) is 0.803. The largest absolute Gasteiger partial charge is 0.303 e. The number of para-hydroxylation sites is 1. The molecule has 3 heteroatoms. The molecule has 22 heavy (non-hydrogen) atoms. The van der Waals surface area contributed by atoms with Crippen LogP contribution in [0.25, 0.3) is 0 Å². The number of hydrogen-bond donors (Lipinski definition) is 0. The van der Waals surface area contributed by atoms with Crippen molar-refractivity contribution in [2.24, 2.45) is 5.41 Å². The van der Waals surface area contributed by atoms with E-state index in [1.54, 1.807) is 0 Å². The van der Waals surface area contributed by atoms with Gasteiger partial charge >= 0.3 is 0 Å². The van der Waals surface area contributed by atoms with Gasteiger partial charge in [0.25, 0.3) is 0 Å². The van der Waals surface area contributed by atoms with Gasteiger partial charge in [0.15, 0.2) is 0 Å². The van der Waals surface area contributed by atoms with E-state index >= 15 is 0 Å². The van der Waals surface area contributed by atoms with E-state index in [-0.39, 0.29) is 12.1 Å². The Morgan fingerprint density at radius 1 is 1.05 bits per heavy atom. The minimum absolute atomic E-state index is 0.0181. The Morgan fingerprint density at radius 3 is 2.41 bits per heavy atom. The van der Waals surface area contributed by atoms with Crippen molar-refractivity contribution >= 4 is 12.0 Å². The fraction of sp³-hybridized carbons (Fsp3) is 0.316. The zero-order valence-electron chi connectivity index (χ0n) is 12.4. The smallest absolute Gasteiger partial charge is 0.131 e. The first-order valence-electron chi connectivity index (χ1n) is 7.87. The summed E-state index contributed by atoms with van der Waals surface area (Å²) < 4.78 is 0. The lowest BCUT2D eigenvalue weighted by Crippen LogP contribution is -2.34. The summed E-state index contributed by atoms with van der Waals surface area (Å²) in [6.07, 6.45) is 4.02. The average Bonchev–Trinajstić information content (AvgIpc) is 3.12. The molecule has 0 radical (unpaired) electrons. The van der Waals surface area contributed by atoms with E-state index < -0.39 is 5.41 Å². The van der Waals surface area contributed by atoms with Gasteiger partial charge in [-0.3, -0.25) is 4.84 Å². The molecule has 2 aromatic carbocycles. The van der Waals surface area contributed by atoms with Crippen molar-refractivity contribution in [3.63, 3.8) is 0 Å². The van der Waals surface area contributed by atoms with Gasteiger partial charge in [0.2, 0.25) is 0 Å². The minimum Gasteiger partial charge on any atom is -0.303 e. The molecule has 1 unspecified atom stereocenters. The molecule has 3 atom stereocenters. The number of carbonyl (C=O) groups is 1. The summed E-state index contributed by atoms with van der Waals surface area (Å²) in [6, 6.07) is 20.3. The monoisotopic (exact) mass is 293 g/mol. The Hall–Kier alpha value is -2.13. The number of rotatable bonds is 3. The molecule has 1 aliphatic heterocycles. The van der Waals surface area contributed by atoms with Crippen LogP contribution in [-0.2, 0) is 9.63 Å². The molecular formula is C19H19NO2. The molecule has 2 aromatic rings. The summed E-state index contributed by atoms with van der Waals surface area (Å²) in [5, 5.41) is 1.95. The van der Waals surface area contributed by atoms with Crippen LogP contribution in [-0.4, -0.2) is 12.4 Å². The number of hydroxylamine groups is 1. The van der Waals surface area contributed by atoms with Gasteiger partial charge in [0.1, 0.15) is 12.4 Å². The van der Waals surface area contributed by atoms with Crippen LogP contribution < -0.4 is 5.06 Å². The van der Waals surface area contributed by atoms with Gasteiger partial charge < -0.3 is 4.79 Å². The summed E-state index contributed by atoms with van der Waals surface area (Å²) in [7, 11) is 0. The zero-order chi connectivity index (χ0) is 15.0. The first kappa shape index (κ1) is 13.5. The van der Waals surface area contributed by atoms with E-state index in [0.717, 1.165) is 36.8 Å². The van der Waals surface area contributed by atoms with Crippen LogP contribution in [0.3, 0.4) is 0 Å². The SMILES string of the molecule is O=C[C@]12CCCC1ON(c1ccccc1)[C@H]2c1ccccc1. The molecule has 112 valence electrons. The van der Waals surface area contributed by atoms with E-state index in [9.17, 15) is 4.79 Å². The van der Waals surface area contributed by atoms with Crippen LogP contribution in [0, 0.1) is 5.41 Å². The summed E-state index contributed by atoms with van der Waals surface area (Å²) >= 11 is 0. The highest BCUT2D eigenvalue weighted by molar-refractivity contribution is 5.67. The van der Waals surface area contributed by atoms with Gasteiger partial charge in [0.05, 0.1) is 17.1 Å². The molecule has 4 rings (SSSR count). The Balaban J connectivity index is 1.84. The summed E-state index contributed by atoms with van der Waals surface area (Å²) in [6.45, 7) is 0.